The van der Waals surface area contributed by atoms with Gasteiger partial charge in [-0.25, -0.2) is 4.79 Å². The number of hydrogen-bond donors (Lipinski definition) is 2. The summed E-state index contributed by atoms with van der Waals surface area (Å²) < 4.78 is 17.4. The molecule has 2 N–H and O–H groups in total. The molecular formula is C39H60O6Si. The smallest absolute Gasteiger partial charge is 0.336 e. The lowest BCUT2D eigenvalue weighted by atomic mass is 9.62. The predicted octanol–water partition coefficient (Wildman–Crippen LogP) is 8.84. The van der Waals surface area contributed by atoms with Crippen LogP contribution in [0.5, 0.6) is 0 Å². The first-order valence-electron chi connectivity index (χ1n) is 17.1. The van der Waals surface area contributed by atoms with E-state index in [0.717, 1.165) is 23.8 Å². The zero-order valence-electron chi connectivity index (χ0n) is 30.1. The summed E-state index contributed by atoms with van der Waals surface area (Å²) in [5, 5.41) is 12.3. The molecule has 9 atom stereocenters. The third kappa shape index (κ3) is 8.98. The van der Waals surface area contributed by atoms with Gasteiger partial charge in [-0.05, 0) is 85.3 Å². The SMILES string of the molecule is CC/C=C\C(C)[C@H](O)[C@@H](C)[C@@H]1C(C(C)(C)[Si](C)(C)O)[C@H]([C@@H](OCOC)C(C)/C=C\c2ccc3oc(=O)ccc3c2)C=C(C)C[C@@H]1C. The molecule has 1 aliphatic carbocycles. The number of methoxy groups -OCH3 is 1. The van der Waals surface area contributed by atoms with E-state index in [2.05, 4.69) is 98.9 Å². The fraction of sp³-hybridized carbons (Fsp3) is 0.615. The van der Waals surface area contributed by atoms with Gasteiger partial charge in [-0.3, -0.25) is 0 Å². The minimum atomic E-state index is -2.73. The largest absolute Gasteiger partial charge is 0.432 e. The molecule has 0 fully saturated rings. The van der Waals surface area contributed by atoms with E-state index in [1.54, 1.807) is 13.2 Å². The summed E-state index contributed by atoms with van der Waals surface area (Å²) in [4.78, 5) is 23.6. The van der Waals surface area contributed by atoms with Gasteiger partial charge in [0, 0.05) is 36.3 Å². The zero-order valence-corrected chi connectivity index (χ0v) is 31.1. The van der Waals surface area contributed by atoms with Crippen LogP contribution < -0.4 is 5.63 Å². The van der Waals surface area contributed by atoms with Gasteiger partial charge in [0.05, 0.1) is 12.2 Å². The topological polar surface area (TPSA) is 89.1 Å². The Morgan fingerprint density at radius 3 is 2.43 bits per heavy atom. The predicted molar refractivity (Wildman–Crippen MR) is 193 cm³/mol. The molecule has 6 nitrogen and oxygen atoms in total. The van der Waals surface area contributed by atoms with Crippen molar-refractivity contribution in [2.75, 3.05) is 13.9 Å². The van der Waals surface area contributed by atoms with Crippen LogP contribution in [-0.2, 0) is 9.47 Å². The van der Waals surface area contributed by atoms with Crippen molar-refractivity contribution in [2.24, 2.45) is 41.4 Å². The standard InChI is InChI=1S/C39H60O6Si/c1-12-13-14-26(3)37(41)29(6)35-28(5)21-25(2)22-32(36(35)39(7,8)46(10,11)42)38(44-24-43-9)27(4)15-16-30-17-19-33-31(23-30)18-20-34(40)45-33/h13-20,22-23,26-29,32,35-38,41-42H,12,21,24H2,1-11H3/b14-13-,16-15-/t26?,27?,28-,29-,32+,35+,36?,37-,38-/m0/s1. The van der Waals surface area contributed by atoms with Crippen molar-refractivity contribution in [1.29, 1.82) is 0 Å². The molecule has 0 amide bonds. The highest BCUT2D eigenvalue weighted by molar-refractivity contribution is 6.73. The zero-order chi connectivity index (χ0) is 34.4. The molecule has 46 heavy (non-hydrogen) atoms. The van der Waals surface area contributed by atoms with Gasteiger partial charge in [-0.1, -0.05) is 90.5 Å². The molecular weight excluding hydrogens is 593 g/mol. The van der Waals surface area contributed by atoms with Gasteiger partial charge in [0.25, 0.3) is 0 Å². The molecule has 1 aromatic carbocycles. The van der Waals surface area contributed by atoms with Gasteiger partial charge in [0.2, 0.25) is 0 Å². The van der Waals surface area contributed by atoms with Crippen LogP contribution in [-0.4, -0.2) is 44.3 Å². The van der Waals surface area contributed by atoms with Gasteiger partial charge in [-0.2, -0.15) is 0 Å². The molecule has 0 saturated carbocycles. The Hall–Kier alpha value is -2.29. The number of ether oxygens (including phenoxy) is 2. The minimum absolute atomic E-state index is 0.000468. The first-order chi connectivity index (χ1) is 21.5. The van der Waals surface area contributed by atoms with Gasteiger partial charge >= 0.3 is 5.63 Å². The summed E-state index contributed by atoms with van der Waals surface area (Å²) in [5.74, 6) is 0.483. The lowest BCUT2D eigenvalue weighted by molar-refractivity contribution is -0.117. The third-order valence-corrected chi connectivity index (χ3v) is 14.4. The highest BCUT2D eigenvalue weighted by Gasteiger charge is 2.55. The average molecular weight is 653 g/mol. The summed E-state index contributed by atoms with van der Waals surface area (Å²) in [6, 6.07) is 9.03. The average Bonchev–Trinajstić information content (AvgIpc) is 3.12. The summed E-state index contributed by atoms with van der Waals surface area (Å²) in [7, 11) is -1.08. The highest BCUT2D eigenvalue weighted by atomic mass is 28.4. The number of aliphatic hydroxyl groups excluding tert-OH is 1. The lowest BCUT2D eigenvalue weighted by Crippen LogP contribution is -2.54. The monoisotopic (exact) mass is 652 g/mol. The second-order valence-electron chi connectivity index (χ2n) is 15.0. The first kappa shape index (κ1) is 38.2. The summed E-state index contributed by atoms with van der Waals surface area (Å²) >= 11 is 0. The van der Waals surface area contributed by atoms with E-state index in [-0.39, 0.29) is 54.0 Å². The Labute approximate surface area is 278 Å². The maximum Gasteiger partial charge on any atom is 0.336 e. The fourth-order valence-electron chi connectivity index (χ4n) is 7.77. The van der Waals surface area contributed by atoms with E-state index in [1.165, 1.54) is 11.6 Å². The maximum atomic E-state index is 11.9. The second kappa shape index (κ2) is 16.2. The molecule has 2 aromatic rings. The molecule has 0 radical (unpaired) electrons. The molecule has 1 aliphatic rings. The van der Waals surface area contributed by atoms with Crippen molar-refractivity contribution in [3.05, 3.63) is 76.2 Å². The molecule has 256 valence electrons. The van der Waals surface area contributed by atoms with Crippen molar-refractivity contribution >= 4 is 25.4 Å². The van der Waals surface area contributed by atoms with Crippen LogP contribution in [0.25, 0.3) is 17.0 Å². The molecule has 0 bridgehead atoms. The van der Waals surface area contributed by atoms with Gasteiger partial charge in [0.15, 0.2) is 8.32 Å². The molecule has 1 aromatic heterocycles. The Bertz CT molecular complexity index is 1420. The number of allylic oxidation sites excluding steroid dienone is 2. The summed E-state index contributed by atoms with van der Waals surface area (Å²) in [6.07, 6.45) is 12.1. The van der Waals surface area contributed by atoms with Gasteiger partial charge in [0.1, 0.15) is 12.4 Å². The van der Waals surface area contributed by atoms with Crippen LogP contribution >= 0.6 is 0 Å². The van der Waals surface area contributed by atoms with Crippen LogP contribution in [0.15, 0.2) is 69.4 Å². The number of hydrogen-bond acceptors (Lipinski definition) is 6. The molecule has 0 saturated heterocycles. The van der Waals surface area contributed by atoms with Crippen LogP contribution in [0.3, 0.4) is 0 Å². The summed E-state index contributed by atoms with van der Waals surface area (Å²) in [5.41, 5.74) is 2.53. The minimum Gasteiger partial charge on any atom is -0.432 e. The van der Waals surface area contributed by atoms with E-state index in [9.17, 15) is 14.7 Å². The molecule has 3 rings (SSSR count). The Kier molecular flexibility index (Phi) is 13.4. The fourth-order valence-corrected chi connectivity index (χ4v) is 8.97. The van der Waals surface area contributed by atoms with Crippen molar-refractivity contribution in [3.8, 4) is 0 Å². The first-order valence-corrected chi connectivity index (χ1v) is 20.0. The molecule has 0 spiro atoms. The Balaban J connectivity index is 2.13. The van der Waals surface area contributed by atoms with Crippen molar-refractivity contribution in [3.63, 3.8) is 0 Å². The third-order valence-electron chi connectivity index (χ3n) is 10.9. The van der Waals surface area contributed by atoms with E-state index in [4.69, 9.17) is 13.9 Å². The van der Waals surface area contributed by atoms with Crippen molar-refractivity contribution < 1.29 is 23.8 Å². The van der Waals surface area contributed by atoms with E-state index in [1.807, 2.05) is 18.2 Å². The Morgan fingerprint density at radius 1 is 1.11 bits per heavy atom. The van der Waals surface area contributed by atoms with Crippen LogP contribution in [0, 0.1) is 41.4 Å². The van der Waals surface area contributed by atoms with Crippen molar-refractivity contribution in [1.82, 2.24) is 0 Å². The van der Waals surface area contributed by atoms with Gasteiger partial charge < -0.3 is 23.8 Å². The number of rotatable bonds is 14. The summed E-state index contributed by atoms with van der Waals surface area (Å²) in [6.45, 7) is 21.9. The highest BCUT2D eigenvalue weighted by Crippen LogP contribution is 2.58. The number of benzene rings is 1. The van der Waals surface area contributed by atoms with Crippen LogP contribution in [0.4, 0.5) is 0 Å². The van der Waals surface area contributed by atoms with E-state index < -0.39 is 19.5 Å². The Morgan fingerprint density at radius 2 is 1.80 bits per heavy atom. The van der Waals surface area contributed by atoms with Crippen LogP contribution in [0.1, 0.15) is 73.8 Å². The second-order valence-corrected chi connectivity index (χ2v) is 19.4. The molecule has 7 heteroatoms. The number of fused-ring (bicyclic) bond motifs is 1. The van der Waals surface area contributed by atoms with E-state index in [0.29, 0.717) is 11.5 Å². The van der Waals surface area contributed by atoms with E-state index >= 15 is 0 Å². The lowest BCUT2D eigenvalue weighted by Gasteiger charge is -2.53. The quantitative estimate of drug-likeness (QED) is 0.0918. The normalized spacial score (nSPS) is 24.9. The van der Waals surface area contributed by atoms with Crippen LogP contribution in [0.2, 0.25) is 18.1 Å². The molecule has 0 aliphatic heterocycles. The maximum absolute atomic E-state index is 11.9. The van der Waals surface area contributed by atoms with Gasteiger partial charge in [-0.15, -0.1) is 0 Å². The molecule has 1 heterocycles. The molecule has 3 unspecified atom stereocenters. The van der Waals surface area contributed by atoms with Crippen molar-refractivity contribution in [2.45, 2.75) is 98.6 Å². The number of aliphatic hydroxyl groups is 1.